The molecule has 190 valence electrons. The third-order valence-corrected chi connectivity index (χ3v) is 6.45. The number of carbonyl (C=O) groups is 1. The van der Waals surface area contributed by atoms with Crippen LogP contribution in [0.1, 0.15) is 29.3 Å². The molecule has 0 fully saturated rings. The Kier molecular flexibility index (Phi) is 6.07. The van der Waals surface area contributed by atoms with Gasteiger partial charge in [0.25, 0.3) is 5.91 Å². The van der Waals surface area contributed by atoms with E-state index in [1.54, 1.807) is 12.1 Å². The Bertz CT molecular complexity index is 1720. The van der Waals surface area contributed by atoms with Gasteiger partial charge in [-0.3, -0.25) is 4.79 Å². The highest BCUT2D eigenvalue weighted by Crippen LogP contribution is 2.35. The predicted molar refractivity (Wildman–Crippen MR) is 132 cm³/mol. The van der Waals surface area contributed by atoms with Crippen molar-refractivity contribution >= 4 is 34.3 Å². The number of amides is 1. The molecule has 4 aromatic rings. The summed E-state index contributed by atoms with van der Waals surface area (Å²) in [5, 5.41) is 13.8. The summed E-state index contributed by atoms with van der Waals surface area (Å²) in [7, 11) is 0. The summed E-state index contributed by atoms with van der Waals surface area (Å²) in [5.41, 5.74) is 2.25. The average molecular weight is 520 g/mol. The van der Waals surface area contributed by atoms with Gasteiger partial charge in [0.05, 0.1) is 22.9 Å². The van der Waals surface area contributed by atoms with Crippen molar-refractivity contribution in [1.29, 1.82) is 5.26 Å². The van der Waals surface area contributed by atoms with Gasteiger partial charge in [-0.1, -0.05) is 30.3 Å². The molecule has 0 spiro atoms. The van der Waals surface area contributed by atoms with Gasteiger partial charge in [-0.05, 0) is 43.7 Å². The second-order valence-corrected chi connectivity index (χ2v) is 8.69. The number of hydrogen-bond acceptors (Lipinski definition) is 3. The summed E-state index contributed by atoms with van der Waals surface area (Å²) in [4.78, 5) is 13.2. The minimum absolute atomic E-state index is 0.0438. The topological polar surface area (TPSA) is 61.4 Å². The maximum absolute atomic E-state index is 14.4. The van der Waals surface area contributed by atoms with Gasteiger partial charge in [0.15, 0.2) is 23.3 Å². The van der Waals surface area contributed by atoms with Crippen LogP contribution in [-0.4, -0.2) is 16.2 Å². The lowest BCUT2D eigenvalue weighted by Gasteiger charge is -2.15. The number of anilines is 1. The highest BCUT2D eigenvalue weighted by Gasteiger charge is 2.37. The predicted octanol–water partition coefficient (Wildman–Crippen LogP) is 6.37. The number of para-hydroxylation sites is 1. The van der Waals surface area contributed by atoms with E-state index in [2.05, 4.69) is 11.2 Å². The highest BCUT2D eigenvalue weighted by atomic mass is 19.2. The molecule has 0 atom stereocenters. The van der Waals surface area contributed by atoms with Crippen LogP contribution in [0.5, 0.6) is 0 Å². The molecule has 0 radical (unpaired) electrons. The summed E-state index contributed by atoms with van der Waals surface area (Å²) in [6.45, 7) is 3.70. The lowest BCUT2D eigenvalue weighted by molar-refractivity contribution is -0.114. The van der Waals surface area contributed by atoms with Crippen molar-refractivity contribution in [2.24, 2.45) is 5.10 Å². The van der Waals surface area contributed by atoms with Gasteiger partial charge in [-0.15, -0.1) is 0 Å². The van der Waals surface area contributed by atoms with Crippen LogP contribution in [0.2, 0.25) is 0 Å². The van der Waals surface area contributed by atoms with Crippen molar-refractivity contribution in [3.63, 3.8) is 0 Å². The molecule has 1 aliphatic heterocycles. The summed E-state index contributed by atoms with van der Waals surface area (Å²) >= 11 is 0. The van der Waals surface area contributed by atoms with E-state index in [1.165, 1.54) is 13.0 Å². The first-order valence-corrected chi connectivity index (χ1v) is 11.3. The van der Waals surface area contributed by atoms with Gasteiger partial charge < -0.3 is 4.57 Å². The molecule has 0 aliphatic carbocycles. The molecule has 1 amide bonds. The smallest absolute Gasteiger partial charge is 0.280 e. The van der Waals surface area contributed by atoms with Crippen LogP contribution in [0.4, 0.5) is 27.6 Å². The fourth-order valence-corrected chi connectivity index (χ4v) is 4.47. The van der Waals surface area contributed by atoms with Crippen molar-refractivity contribution in [2.75, 3.05) is 5.01 Å². The van der Waals surface area contributed by atoms with E-state index in [-0.39, 0.29) is 16.3 Å². The quantitative estimate of drug-likeness (QED) is 0.136. The SMILES string of the molecule is CC1=NN(c2c(F)c(F)c(F)c(F)c2F)C(=O)/C1=C\c1c(C)n(Cc2ccc(C#N)cc2)c2ccccc12. The van der Waals surface area contributed by atoms with Gasteiger partial charge >= 0.3 is 0 Å². The Balaban J connectivity index is 1.60. The first-order chi connectivity index (χ1) is 18.1. The summed E-state index contributed by atoms with van der Waals surface area (Å²) in [6.07, 6.45) is 1.50. The number of nitrogens with zero attached hydrogens (tertiary/aromatic N) is 4. The molecule has 0 N–H and O–H groups in total. The number of halogens is 5. The molecule has 0 bridgehead atoms. The second kappa shape index (κ2) is 9.27. The number of carbonyl (C=O) groups excluding carboxylic acids is 1. The van der Waals surface area contributed by atoms with Crippen molar-refractivity contribution in [3.8, 4) is 6.07 Å². The lowest BCUT2D eigenvalue weighted by atomic mass is 10.0. The summed E-state index contributed by atoms with van der Waals surface area (Å²) in [5.74, 6) is -12.0. The molecule has 0 saturated carbocycles. The molecular formula is C28H17F5N4O. The lowest BCUT2D eigenvalue weighted by Crippen LogP contribution is -2.25. The molecule has 0 saturated heterocycles. The normalized spacial score (nSPS) is 14.5. The van der Waals surface area contributed by atoms with Gasteiger partial charge in [0.2, 0.25) is 5.82 Å². The number of benzene rings is 3. The van der Waals surface area contributed by atoms with E-state index in [0.717, 1.165) is 22.2 Å². The van der Waals surface area contributed by atoms with E-state index in [9.17, 15) is 26.7 Å². The Hall–Kier alpha value is -4.78. The minimum Gasteiger partial charge on any atom is -0.340 e. The zero-order valence-electron chi connectivity index (χ0n) is 20.0. The number of hydrazone groups is 1. The Morgan fingerprint density at radius 2 is 1.50 bits per heavy atom. The van der Waals surface area contributed by atoms with Crippen LogP contribution in [0.3, 0.4) is 0 Å². The third-order valence-electron chi connectivity index (χ3n) is 6.45. The van der Waals surface area contributed by atoms with Crippen LogP contribution < -0.4 is 5.01 Å². The Morgan fingerprint density at radius 1 is 0.895 bits per heavy atom. The monoisotopic (exact) mass is 520 g/mol. The van der Waals surface area contributed by atoms with Gasteiger partial charge in [0.1, 0.15) is 5.69 Å². The third kappa shape index (κ3) is 3.84. The van der Waals surface area contributed by atoms with Crippen molar-refractivity contribution in [3.05, 3.63) is 106 Å². The van der Waals surface area contributed by atoms with Gasteiger partial charge in [0, 0.05) is 28.7 Å². The van der Waals surface area contributed by atoms with Crippen LogP contribution in [-0.2, 0) is 11.3 Å². The van der Waals surface area contributed by atoms with Crippen molar-refractivity contribution in [1.82, 2.24) is 4.57 Å². The molecular weight excluding hydrogens is 503 g/mol. The van der Waals surface area contributed by atoms with Crippen LogP contribution in [0, 0.1) is 47.3 Å². The molecule has 1 aromatic heterocycles. The molecule has 2 heterocycles. The first-order valence-electron chi connectivity index (χ1n) is 11.3. The number of hydrogen-bond donors (Lipinski definition) is 0. The van der Waals surface area contributed by atoms with Gasteiger partial charge in [-0.2, -0.15) is 15.4 Å². The molecule has 10 heteroatoms. The molecule has 0 unspecified atom stereocenters. The minimum atomic E-state index is -2.32. The van der Waals surface area contributed by atoms with Gasteiger partial charge in [-0.25, -0.2) is 22.0 Å². The van der Waals surface area contributed by atoms with E-state index >= 15 is 0 Å². The molecule has 1 aliphatic rings. The number of nitriles is 1. The average Bonchev–Trinajstić information content (AvgIpc) is 3.35. The number of rotatable bonds is 4. The Labute approximate surface area is 213 Å². The molecule has 5 nitrogen and oxygen atoms in total. The highest BCUT2D eigenvalue weighted by molar-refractivity contribution is 6.32. The van der Waals surface area contributed by atoms with Crippen LogP contribution >= 0.6 is 0 Å². The first kappa shape index (κ1) is 24.9. The standard InChI is InChI=1S/C28H17F5N4O/c1-14-19(28(38)37(35-14)27-25(32)23(30)22(29)24(31)26(27)33)11-20-15(2)36(21-6-4-3-5-18(20)21)13-17-9-7-16(12-34)8-10-17/h3-11H,13H2,1-2H3/b19-11-. The molecule has 38 heavy (non-hydrogen) atoms. The molecule has 5 rings (SSSR count). The summed E-state index contributed by atoms with van der Waals surface area (Å²) in [6, 6.07) is 16.6. The van der Waals surface area contributed by atoms with Crippen molar-refractivity contribution < 1.29 is 26.7 Å². The largest absolute Gasteiger partial charge is 0.340 e. The fourth-order valence-electron chi connectivity index (χ4n) is 4.47. The maximum Gasteiger partial charge on any atom is 0.280 e. The van der Waals surface area contributed by atoms with Crippen LogP contribution in [0.15, 0.2) is 59.2 Å². The van der Waals surface area contributed by atoms with E-state index in [0.29, 0.717) is 17.7 Å². The van der Waals surface area contributed by atoms with E-state index in [4.69, 9.17) is 5.26 Å². The fraction of sp³-hybridized carbons (Fsp3) is 0.107. The zero-order valence-corrected chi connectivity index (χ0v) is 20.0. The van der Waals surface area contributed by atoms with Crippen LogP contribution in [0.25, 0.3) is 17.0 Å². The number of aromatic nitrogens is 1. The van der Waals surface area contributed by atoms with E-state index < -0.39 is 40.7 Å². The molecule has 3 aromatic carbocycles. The van der Waals surface area contributed by atoms with Crippen molar-refractivity contribution in [2.45, 2.75) is 20.4 Å². The zero-order chi connectivity index (χ0) is 27.3. The maximum atomic E-state index is 14.4. The summed E-state index contributed by atoms with van der Waals surface area (Å²) < 4.78 is 71.9. The number of fused-ring (bicyclic) bond motifs is 1. The van der Waals surface area contributed by atoms with E-state index in [1.807, 2.05) is 47.9 Å². The second-order valence-electron chi connectivity index (χ2n) is 8.69. The Morgan fingerprint density at radius 3 is 2.13 bits per heavy atom.